The maximum absolute atomic E-state index is 13.8. The number of nitrogens with zero attached hydrogens (tertiary/aromatic N) is 8. The van der Waals surface area contributed by atoms with Crippen LogP contribution in [0.4, 0.5) is 37.7 Å². The summed E-state index contributed by atoms with van der Waals surface area (Å²) in [5.74, 6) is 0.602. The van der Waals surface area contributed by atoms with Gasteiger partial charge in [0.1, 0.15) is 16.7 Å². The van der Waals surface area contributed by atoms with E-state index < -0.39 is 46.0 Å². The first-order chi connectivity index (χ1) is 35.6. The molecule has 0 aliphatic heterocycles. The second kappa shape index (κ2) is 31.6. The van der Waals surface area contributed by atoms with Gasteiger partial charge < -0.3 is 29.1 Å². The predicted octanol–water partition coefficient (Wildman–Crippen LogP) is 8.61. The van der Waals surface area contributed by atoms with E-state index in [1.165, 1.54) is 58.2 Å². The molecule has 1 N–H and O–H groups in total. The molecule has 0 unspecified atom stereocenters. The summed E-state index contributed by atoms with van der Waals surface area (Å²) in [6.07, 6.45) is -0.710. The number of phenols is 1. The van der Waals surface area contributed by atoms with E-state index in [1.54, 1.807) is 36.7 Å². The number of carbonyl (C=O) groups is 1. The molecule has 4 aromatic heterocycles. The summed E-state index contributed by atoms with van der Waals surface area (Å²) in [6.45, 7) is 21.8. The molecule has 0 bridgehead atoms. The fourth-order valence-corrected chi connectivity index (χ4v) is 7.28. The quantitative estimate of drug-likeness (QED) is 0.0365. The predicted molar refractivity (Wildman–Crippen MR) is 275 cm³/mol. The van der Waals surface area contributed by atoms with Crippen LogP contribution in [0.25, 0.3) is 32.2 Å². The van der Waals surface area contributed by atoms with Crippen LogP contribution in [0.15, 0.2) is 144 Å². The molecule has 0 atom stereocenters. The van der Waals surface area contributed by atoms with Crippen LogP contribution in [0.1, 0.15) is 51.9 Å². The number of halogens is 7. The molecule has 8 rings (SSSR count). The molecular weight excluding hydrogens is 1100 g/mol. The fourth-order valence-electron chi connectivity index (χ4n) is 7.16. The molecule has 1 radical (unpaired) electrons. The molecule has 0 saturated heterocycles. The van der Waals surface area contributed by atoms with Crippen LogP contribution >= 0.6 is 11.6 Å². The third kappa shape index (κ3) is 18.9. The summed E-state index contributed by atoms with van der Waals surface area (Å²) in [5.41, 5.74) is -0.341. The number of ether oxygens (including phenoxy) is 1. The van der Waals surface area contributed by atoms with Crippen molar-refractivity contribution < 1.29 is 103 Å². The van der Waals surface area contributed by atoms with Crippen molar-refractivity contribution in [2.45, 2.75) is 60.6 Å². The first-order valence-corrected chi connectivity index (χ1v) is 22.0. The van der Waals surface area contributed by atoms with Crippen molar-refractivity contribution in [3.8, 4) is 39.9 Å². The second-order valence-electron chi connectivity index (χ2n) is 15.9. The van der Waals surface area contributed by atoms with Crippen molar-refractivity contribution in [2.24, 2.45) is 0 Å². The molecule has 15 nitrogen and oxygen atoms in total. The van der Waals surface area contributed by atoms with Crippen LogP contribution < -0.4 is 72.5 Å². The summed E-state index contributed by atoms with van der Waals surface area (Å²) in [4.78, 5) is 58.4. The molecule has 24 heteroatoms. The third-order valence-corrected chi connectivity index (χ3v) is 10.9. The van der Waals surface area contributed by atoms with E-state index in [1.807, 2.05) is 64.1 Å². The summed E-state index contributed by atoms with van der Waals surface area (Å²) in [7, 11) is 0. The van der Waals surface area contributed by atoms with E-state index >= 15 is 0 Å². The number of aromatic hydroxyl groups is 1. The minimum atomic E-state index is -4.86. The van der Waals surface area contributed by atoms with Gasteiger partial charge >= 0.3 is 63.7 Å². The standard InChI is InChI=1S/C26H19F3N4O2.C22H17F3N2O2.C4H3ClN2.CH2O3.CH4.2K/c1-16-4-5-19(17(2)12-16)15-33-22(13-21(26(27,28)29)24(30-3)25(33)34)18-6-8-20(9-7-18)35-23-14-31-10-11-32-23;1-13-4-5-16(14(2)10-13)12-27-19(15-6-8-17(28)9-7-15)11-18(22(23,24)25)20(26-3)21(27)29;5-4-3-6-1-2-7-4;2-1-4-3;;;/h4-14H,15H2,1-2H3;4-11,28H,12H2,1-2H3;1-3H;1,3H;1H4;;/q;;;;;;+1/p-1. The molecule has 4 heterocycles. The number of phenolic OH excluding ortho intramolecular Hbond substituents is 1. The fraction of sp³-hybridized carbons (Fsp3) is 0.167. The maximum Gasteiger partial charge on any atom is 1.00 e. The van der Waals surface area contributed by atoms with Crippen molar-refractivity contribution in [3.05, 3.63) is 227 Å². The van der Waals surface area contributed by atoms with Crippen LogP contribution in [0.5, 0.6) is 17.4 Å². The minimum Gasteiger partial charge on any atom is -0.662 e. The number of aryl methyl sites for hydroxylation is 4. The average Bonchev–Trinajstić information content (AvgIpc) is 3.40. The van der Waals surface area contributed by atoms with E-state index in [0.717, 1.165) is 45.5 Å². The zero-order valence-electron chi connectivity index (χ0n) is 41.8. The van der Waals surface area contributed by atoms with Gasteiger partial charge in [0.25, 0.3) is 29.0 Å². The number of hydrogen-bond donors (Lipinski definition) is 1. The average molecular weight is 1140 g/mol. The van der Waals surface area contributed by atoms with Crippen molar-refractivity contribution in [2.75, 3.05) is 0 Å². The Bertz CT molecular complexity index is 3490. The molecule has 4 aromatic carbocycles. The molecule has 8 aromatic rings. The van der Waals surface area contributed by atoms with E-state index in [2.05, 4.69) is 34.5 Å². The van der Waals surface area contributed by atoms with E-state index in [0.29, 0.717) is 22.0 Å². The Morgan fingerprint density at radius 2 is 1.08 bits per heavy atom. The Kier molecular flexibility index (Phi) is 27.7. The summed E-state index contributed by atoms with van der Waals surface area (Å²) in [6, 6.07) is 24.6. The molecule has 0 spiro atoms. The van der Waals surface area contributed by atoms with Crippen molar-refractivity contribution in [1.82, 2.24) is 29.1 Å². The Morgan fingerprint density at radius 3 is 1.40 bits per heavy atom. The minimum absolute atomic E-state index is 0. The van der Waals surface area contributed by atoms with Gasteiger partial charge in [-0.3, -0.25) is 24.4 Å². The van der Waals surface area contributed by atoms with Crippen LogP contribution in [-0.4, -0.2) is 92.0 Å². The van der Waals surface area contributed by atoms with E-state index in [4.69, 9.17) is 39.5 Å². The normalized spacial score (nSPS) is 10.3. The van der Waals surface area contributed by atoms with Gasteiger partial charge in [-0.1, -0.05) is 66.6 Å². The van der Waals surface area contributed by atoms with E-state index in [-0.39, 0.29) is 153 Å². The van der Waals surface area contributed by atoms with Gasteiger partial charge in [0.15, 0.2) is 0 Å². The van der Waals surface area contributed by atoms with Crippen molar-refractivity contribution in [1.29, 1.82) is 0 Å². The number of rotatable bonds is 9. The van der Waals surface area contributed by atoms with Crippen molar-refractivity contribution >= 4 is 80.8 Å². The maximum atomic E-state index is 13.8. The molecule has 0 aliphatic rings. The Labute approximate surface area is 534 Å². The van der Waals surface area contributed by atoms with Gasteiger partial charge in [0.2, 0.25) is 5.88 Å². The van der Waals surface area contributed by atoms with Gasteiger partial charge in [-0.2, -0.15) is 26.3 Å². The number of hydrogen-bond acceptors (Lipinski definition) is 11. The summed E-state index contributed by atoms with van der Waals surface area (Å²) >= 11 is 5.37. The number of alkyl halides is 6. The third-order valence-electron chi connectivity index (χ3n) is 10.7. The number of pyridine rings is 2. The van der Waals surface area contributed by atoms with Crippen molar-refractivity contribution in [3.63, 3.8) is 0 Å². The van der Waals surface area contributed by atoms with Crippen LogP contribution in [-0.2, 0) is 35.1 Å². The largest absolute Gasteiger partial charge is 1.00 e. The topological polar surface area (TPSA) is 183 Å². The molecular formula is C54H44ClF6K2N8O7. The summed E-state index contributed by atoms with van der Waals surface area (Å²) < 4.78 is 89.8. The second-order valence-corrected chi connectivity index (χ2v) is 16.3. The monoisotopic (exact) mass is 1140 g/mol. The first kappa shape index (κ1) is 68.2. The van der Waals surface area contributed by atoms with Gasteiger partial charge in [-0.25, -0.2) is 19.7 Å². The Morgan fingerprint density at radius 1 is 0.667 bits per heavy atom. The molecule has 0 saturated carbocycles. The number of carbonyl (C=O) groups excluding carboxylic acids is 1. The first-order valence-electron chi connectivity index (χ1n) is 21.6. The van der Waals surface area contributed by atoms with Gasteiger partial charge in [0, 0.05) is 87.6 Å². The SMILES string of the molecule is C.Clc1cnccn1.O=CO[O-].[C-]#[N+]c1c(C(F)(F)F)cc(-c2ccc(O)cc2)n(Cc2ccc(C)cc2C)c1=O.[C-]#[N+]c1c(C(F)(F)F)cc(-c2ccc(Oc3cnccn3)cc2)n(Cc2ccc(C)cc2C)c1=O.[K+].[K]. The molecule has 78 heavy (non-hydrogen) atoms. The number of aromatic nitrogens is 6. The van der Waals surface area contributed by atoms with E-state index in [9.17, 15) is 41.0 Å². The van der Waals surface area contributed by atoms with Gasteiger partial charge in [-0.05, 0) is 122 Å². The Balaban J connectivity index is 0.000000436. The van der Waals surface area contributed by atoms with Crippen LogP contribution in [0.3, 0.4) is 0 Å². The Hall–Kier alpha value is -5.91. The van der Waals surface area contributed by atoms with Crippen LogP contribution in [0, 0.1) is 40.8 Å². The zero-order chi connectivity index (χ0) is 55.0. The van der Waals surface area contributed by atoms with Gasteiger partial charge in [0.05, 0.1) is 49.8 Å². The molecule has 0 fully saturated rings. The molecule has 393 valence electrons. The number of benzene rings is 4. The zero-order valence-corrected chi connectivity index (χ0v) is 48.8. The van der Waals surface area contributed by atoms with Gasteiger partial charge in [-0.15, -0.1) is 0 Å². The molecule has 0 amide bonds. The van der Waals surface area contributed by atoms with Crippen LogP contribution in [0.2, 0.25) is 5.15 Å². The smallest absolute Gasteiger partial charge is 0.662 e. The molecule has 0 aliphatic carbocycles. The summed E-state index contributed by atoms with van der Waals surface area (Å²) in [5, 5.41) is 18.4.